The monoisotopic (exact) mass is 284 g/mol. The van der Waals surface area contributed by atoms with Gasteiger partial charge < -0.3 is 4.74 Å². The molecule has 1 aromatic carbocycles. The van der Waals surface area contributed by atoms with Crippen molar-refractivity contribution in [3.63, 3.8) is 0 Å². The zero-order chi connectivity index (χ0) is 14.3. The van der Waals surface area contributed by atoms with E-state index in [0.29, 0.717) is 5.92 Å². The van der Waals surface area contributed by atoms with Crippen molar-refractivity contribution in [3.8, 4) is 0 Å². The van der Waals surface area contributed by atoms with Gasteiger partial charge in [0.15, 0.2) is 0 Å². The summed E-state index contributed by atoms with van der Waals surface area (Å²) < 4.78 is 17.6. The Hall–Kier alpha value is -0.670. The lowest BCUT2D eigenvalue weighted by Crippen LogP contribution is -2.07. The van der Waals surface area contributed by atoms with Crippen molar-refractivity contribution in [2.24, 2.45) is 5.92 Å². The minimum atomic E-state index is -2.14. The van der Waals surface area contributed by atoms with Crippen LogP contribution < -0.4 is 0 Å². The van der Waals surface area contributed by atoms with Gasteiger partial charge in [0.25, 0.3) is 0 Å². The van der Waals surface area contributed by atoms with E-state index >= 15 is 0 Å². The molecule has 0 aromatic heterocycles. The maximum atomic E-state index is 12.0. The molecule has 0 aliphatic heterocycles. The summed E-state index contributed by atoms with van der Waals surface area (Å²) in [6.07, 6.45) is 6.79. The molecule has 0 amide bonds. The van der Waals surface area contributed by atoms with Crippen LogP contribution in [0.2, 0.25) is 0 Å². The van der Waals surface area contributed by atoms with E-state index in [-0.39, 0.29) is 0 Å². The third-order valence-corrected chi connectivity index (χ3v) is 4.65. The zero-order valence-corrected chi connectivity index (χ0v) is 13.6. The Kier molecular flexibility index (Phi) is 6.73. The lowest BCUT2D eigenvalue weighted by Gasteiger charge is -2.13. The molecular weight excluding hydrogens is 256 g/mol. The largest absolute Gasteiger partial charge is 0.381 e. The predicted octanol–water partition coefficient (Wildman–Crippen LogP) is 3.32. The standard InChI is InChI=1S/C16H28O2S/c1-14(2)10-12-18-11-6-8-15-7-5-9-16(13-15)19(3,4)17/h5,7,9,13-14,19H,6,8,10-12H2,1-4H3. The second kappa shape index (κ2) is 7.81. The summed E-state index contributed by atoms with van der Waals surface area (Å²) >= 11 is 0. The van der Waals surface area contributed by atoms with Crippen LogP contribution in [0.4, 0.5) is 0 Å². The van der Waals surface area contributed by atoms with Crippen LogP contribution in [0.5, 0.6) is 0 Å². The van der Waals surface area contributed by atoms with E-state index in [1.807, 2.05) is 24.6 Å². The van der Waals surface area contributed by atoms with Gasteiger partial charge in [-0.1, -0.05) is 35.9 Å². The molecule has 0 saturated heterocycles. The van der Waals surface area contributed by atoms with E-state index < -0.39 is 9.93 Å². The first-order valence-electron chi connectivity index (χ1n) is 7.12. The molecule has 3 heteroatoms. The van der Waals surface area contributed by atoms with E-state index in [1.165, 1.54) is 5.56 Å². The highest BCUT2D eigenvalue weighted by Crippen LogP contribution is 2.16. The lowest BCUT2D eigenvalue weighted by molar-refractivity contribution is 0.121. The Morgan fingerprint density at radius 1 is 1.21 bits per heavy atom. The van der Waals surface area contributed by atoms with Crippen LogP contribution in [-0.4, -0.2) is 29.9 Å². The second-order valence-corrected chi connectivity index (χ2v) is 9.14. The number of hydrogen-bond acceptors (Lipinski definition) is 2. The zero-order valence-electron chi connectivity index (χ0n) is 12.7. The van der Waals surface area contributed by atoms with Gasteiger partial charge >= 0.3 is 0 Å². The summed E-state index contributed by atoms with van der Waals surface area (Å²) in [6, 6.07) is 8.15. The van der Waals surface area contributed by atoms with Crippen molar-refractivity contribution in [2.45, 2.75) is 38.0 Å². The molecule has 19 heavy (non-hydrogen) atoms. The van der Waals surface area contributed by atoms with Gasteiger partial charge in [0.05, 0.1) is 0 Å². The lowest BCUT2D eigenvalue weighted by atomic mass is 10.1. The highest BCUT2D eigenvalue weighted by molar-refractivity contribution is 8.01. The van der Waals surface area contributed by atoms with Crippen molar-refractivity contribution in [2.75, 3.05) is 25.7 Å². The van der Waals surface area contributed by atoms with Gasteiger partial charge in [-0.05, 0) is 55.4 Å². The minimum absolute atomic E-state index is 0.708. The summed E-state index contributed by atoms with van der Waals surface area (Å²) in [4.78, 5) is 0.978. The van der Waals surface area contributed by atoms with Crippen LogP contribution in [0.25, 0.3) is 0 Å². The summed E-state index contributed by atoms with van der Waals surface area (Å²) in [5, 5.41) is 0. The topological polar surface area (TPSA) is 26.3 Å². The Bertz CT molecular complexity index is 421. The van der Waals surface area contributed by atoms with Crippen LogP contribution in [0.15, 0.2) is 29.2 Å². The molecule has 0 fully saturated rings. The fourth-order valence-corrected chi connectivity index (χ4v) is 2.77. The van der Waals surface area contributed by atoms with Crippen LogP contribution in [0, 0.1) is 5.92 Å². The van der Waals surface area contributed by atoms with Gasteiger partial charge in [0.1, 0.15) is 0 Å². The van der Waals surface area contributed by atoms with E-state index in [4.69, 9.17) is 4.74 Å². The first-order valence-corrected chi connectivity index (χ1v) is 9.72. The molecule has 0 heterocycles. The first-order chi connectivity index (χ1) is 8.89. The highest BCUT2D eigenvalue weighted by atomic mass is 32.2. The molecule has 0 atom stereocenters. The van der Waals surface area contributed by atoms with Gasteiger partial charge in [0.2, 0.25) is 0 Å². The minimum Gasteiger partial charge on any atom is -0.381 e. The average molecular weight is 284 g/mol. The predicted molar refractivity (Wildman–Crippen MR) is 84.7 cm³/mol. The molecule has 0 saturated carbocycles. The van der Waals surface area contributed by atoms with Crippen LogP contribution in [0.3, 0.4) is 0 Å². The van der Waals surface area contributed by atoms with Crippen LogP contribution in [-0.2, 0) is 21.1 Å². The Balaban J connectivity index is 2.32. The first kappa shape index (κ1) is 16.4. The van der Waals surface area contributed by atoms with Gasteiger partial charge in [0, 0.05) is 18.1 Å². The number of thiol groups is 1. The summed E-state index contributed by atoms with van der Waals surface area (Å²) in [7, 11) is -2.14. The van der Waals surface area contributed by atoms with Crippen LogP contribution >= 0.6 is 0 Å². The molecule has 0 N–H and O–H groups in total. The third kappa shape index (κ3) is 6.88. The van der Waals surface area contributed by atoms with E-state index in [9.17, 15) is 4.21 Å². The number of aryl methyl sites for hydroxylation is 1. The molecule has 0 spiro atoms. The van der Waals surface area contributed by atoms with Gasteiger partial charge in [-0.15, -0.1) is 0 Å². The quantitative estimate of drug-likeness (QED) is 0.585. The Morgan fingerprint density at radius 2 is 1.95 bits per heavy atom. The molecule has 0 aliphatic carbocycles. The fourth-order valence-electron chi connectivity index (χ4n) is 1.85. The normalized spacial score (nSPS) is 12.9. The van der Waals surface area contributed by atoms with Crippen molar-refractivity contribution in [1.29, 1.82) is 0 Å². The molecular formula is C16H28O2S. The third-order valence-electron chi connectivity index (χ3n) is 3.13. The van der Waals surface area contributed by atoms with Gasteiger partial charge in [-0.25, -0.2) is 0 Å². The van der Waals surface area contributed by atoms with Gasteiger partial charge in [-0.3, -0.25) is 4.21 Å². The molecule has 110 valence electrons. The van der Waals surface area contributed by atoms with Crippen molar-refractivity contribution in [1.82, 2.24) is 0 Å². The van der Waals surface area contributed by atoms with E-state index in [2.05, 4.69) is 26.0 Å². The molecule has 0 bridgehead atoms. The number of benzene rings is 1. The number of hydrogen-bond donors (Lipinski definition) is 1. The van der Waals surface area contributed by atoms with Crippen molar-refractivity contribution < 1.29 is 8.95 Å². The highest BCUT2D eigenvalue weighted by Gasteiger charge is 2.05. The van der Waals surface area contributed by atoms with Gasteiger partial charge in [-0.2, -0.15) is 0 Å². The maximum absolute atomic E-state index is 12.0. The molecule has 0 unspecified atom stereocenters. The molecule has 1 rings (SSSR count). The van der Waals surface area contributed by atoms with Crippen molar-refractivity contribution in [3.05, 3.63) is 29.8 Å². The summed E-state index contributed by atoms with van der Waals surface area (Å²) in [5.41, 5.74) is 1.26. The molecule has 2 nitrogen and oxygen atoms in total. The van der Waals surface area contributed by atoms with Crippen LogP contribution in [0.1, 0.15) is 32.3 Å². The fraction of sp³-hybridized carbons (Fsp3) is 0.625. The molecule has 0 radical (unpaired) electrons. The maximum Gasteiger partial charge on any atom is 0.0469 e. The number of rotatable bonds is 8. The molecule has 1 aromatic rings. The second-order valence-electron chi connectivity index (χ2n) is 5.92. The SMILES string of the molecule is CC(C)CCOCCCc1cccc([SH](C)(C)=O)c1. The number of ether oxygens (including phenoxy) is 1. The Labute approximate surface area is 119 Å². The smallest absolute Gasteiger partial charge is 0.0469 e. The summed E-state index contributed by atoms with van der Waals surface area (Å²) in [5.74, 6) is 0.708. The molecule has 0 aliphatic rings. The Morgan fingerprint density at radius 3 is 2.58 bits per heavy atom. The van der Waals surface area contributed by atoms with E-state index in [0.717, 1.165) is 37.4 Å². The average Bonchev–Trinajstić information content (AvgIpc) is 2.32. The summed E-state index contributed by atoms with van der Waals surface area (Å²) in [6.45, 7) is 6.09. The van der Waals surface area contributed by atoms with Crippen molar-refractivity contribution >= 4 is 9.93 Å². The van der Waals surface area contributed by atoms with E-state index in [1.54, 1.807) is 0 Å².